The van der Waals surface area contributed by atoms with Crippen molar-refractivity contribution in [2.75, 3.05) is 5.73 Å². The summed E-state index contributed by atoms with van der Waals surface area (Å²) in [5.74, 6) is 2.03. The molecular formula is C10H19N3. The molecule has 0 aliphatic rings. The molecule has 1 aromatic rings. The highest BCUT2D eigenvalue weighted by atomic mass is 15.3. The summed E-state index contributed by atoms with van der Waals surface area (Å²) in [6, 6.07) is 1.84. The third-order valence-electron chi connectivity index (χ3n) is 2.03. The maximum atomic E-state index is 5.52. The first-order valence-electron chi connectivity index (χ1n) is 4.87. The Kier molecular flexibility index (Phi) is 3.34. The van der Waals surface area contributed by atoms with Gasteiger partial charge in [0.25, 0.3) is 0 Å². The topological polar surface area (TPSA) is 43.8 Å². The Labute approximate surface area is 79.9 Å². The van der Waals surface area contributed by atoms with Gasteiger partial charge in [-0.2, -0.15) is 5.10 Å². The maximum absolute atomic E-state index is 5.52. The van der Waals surface area contributed by atoms with Crippen LogP contribution in [0.5, 0.6) is 0 Å². The van der Waals surface area contributed by atoms with Crippen LogP contribution < -0.4 is 5.73 Å². The van der Waals surface area contributed by atoms with Gasteiger partial charge >= 0.3 is 0 Å². The second kappa shape index (κ2) is 4.30. The summed E-state index contributed by atoms with van der Waals surface area (Å²) in [4.78, 5) is 0. The minimum atomic E-state index is 0.608. The van der Waals surface area contributed by atoms with Gasteiger partial charge in [-0.25, -0.2) is 0 Å². The van der Waals surface area contributed by atoms with Crippen molar-refractivity contribution < 1.29 is 0 Å². The Morgan fingerprint density at radius 2 is 2.15 bits per heavy atom. The summed E-state index contributed by atoms with van der Waals surface area (Å²) >= 11 is 0. The smallest absolute Gasteiger partial charge is 0.145 e. The van der Waals surface area contributed by atoms with Crippen LogP contribution in [0.3, 0.4) is 0 Å². The lowest BCUT2D eigenvalue weighted by Crippen LogP contribution is -2.10. The van der Waals surface area contributed by atoms with Crippen molar-refractivity contribution in [3.63, 3.8) is 0 Å². The normalized spacial score (nSPS) is 13.5. The third-order valence-corrected chi connectivity index (χ3v) is 2.03. The fourth-order valence-electron chi connectivity index (χ4n) is 1.68. The summed E-state index contributed by atoms with van der Waals surface area (Å²) in [5.41, 5.74) is 5.52. The molecule has 1 atom stereocenters. The van der Waals surface area contributed by atoms with Crippen molar-refractivity contribution in [3.8, 4) is 0 Å². The number of nitrogen functional groups attached to an aromatic ring is 1. The van der Waals surface area contributed by atoms with E-state index in [2.05, 4.69) is 25.9 Å². The summed E-state index contributed by atoms with van der Waals surface area (Å²) in [6.45, 7) is 7.70. The monoisotopic (exact) mass is 181 g/mol. The number of nitrogens with zero attached hydrogens (tertiary/aromatic N) is 2. The number of anilines is 1. The summed E-state index contributed by atoms with van der Waals surface area (Å²) in [7, 11) is 0. The Morgan fingerprint density at radius 1 is 1.46 bits per heavy atom. The minimum absolute atomic E-state index is 0.608. The first-order valence-corrected chi connectivity index (χ1v) is 4.87. The van der Waals surface area contributed by atoms with Gasteiger partial charge < -0.3 is 5.73 Å². The van der Waals surface area contributed by atoms with Crippen LogP contribution in [-0.4, -0.2) is 9.78 Å². The van der Waals surface area contributed by atoms with E-state index in [-0.39, 0.29) is 0 Å². The van der Waals surface area contributed by atoms with Crippen LogP contribution in [0.15, 0.2) is 12.3 Å². The van der Waals surface area contributed by atoms with Gasteiger partial charge in [0.2, 0.25) is 0 Å². The number of nitrogens with two attached hydrogens (primary N) is 1. The highest BCUT2D eigenvalue weighted by Crippen LogP contribution is 2.12. The molecule has 74 valence electrons. The molecule has 3 nitrogen and oxygen atoms in total. The Morgan fingerprint density at radius 3 is 2.62 bits per heavy atom. The molecule has 0 amide bonds. The van der Waals surface area contributed by atoms with Crippen molar-refractivity contribution in [1.82, 2.24) is 9.78 Å². The van der Waals surface area contributed by atoms with Gasteiger partial charge in [0, 0.05) is 12.7 Å². The number of hydrogen-bond acceptors (Lipinski definition) is 2. The van der Waals surface area contributed by atoms with Crippen molar-refractivity contribution in [1.29, 1.82) is 0 Å². The maximum Gasteiger partial charge on any atom is 0.145 e. The lowest BCUT2D eigenvalue weighted by atomic mass is 9.99. The molecule has 1 heterocycles. The van der Waals surface area contributed by atoms with E-state index in [0.717, 1.165) is 12.5 Å². The van der Waals surface area contributed by atoms with Crippen molar-refractivity contribution in [3.05, 3.63) is 12.3 Å². The molecule has 0 radical (unpaired) electrons. The lowest BCUT2D eigenvalue weighted by Gasteiger charge is -2.13. The second-order valence-corrected chi connectivity index (χ2v) is 4.20. The molecule has 1 aromatic heterocycles. The second-order valence-electron chi connectivity index (χ2n) is 4.20. The van der Waals surface area contributed by atoms with Crippen molar-refractivity contribution in [2.45, 2.75) is 33.7 Å². The molecule has 0 saturated heterocycles. The zero-order valence-electron chi connectivity index (χ0n) is 8.70. The molecule has 0 fully saturated rings. The molecule has 13 heavy (non-hydrogen) atoms. The van der Waals surface area contributed by atoms with Crippen LogP contribution in [0.4, 0.5) is 5.82 Å². The molecule has 1 rings (SSSR count). The van der Waals surface area contributed by atoms with Gasteiger partial charge in [-0.1, -0.05) is 20.8 Å². The van der Waals surface area contributed by atoms with Gasteiger partial charge in [-0.15, -0.1) is 0 Å². The molecule has 0 aliphatic carbocycles. The van der Waals surface area contributed by atoms with Gasteiger partial charge in [-0.05, 0) is 24.3 Å². The molecule has 0 aromatic carbocycles. The van der Waals surface area contributed by atoms with Crippen LogP contribution in [0, 0.1) is 11.8 Å². The molecule has 1 unspecified atom stereocenters. The van der Waals surface area contributed by atoms with Gasteiger partial charge in [0.05, 0.1) is 0 Å². The van der Waals surface area contributed by atoms with Crippen molar-refractivity contribution in [2.24, 2.45) is 11.8 Å². The number of aromatic nitrogens is 2. The highest BCUT2D eigenvalue weighted by Gasteiger charge is 2.06. The quantitative estimate of drug-likeness (QED) is 0.773. The van der Waals surface area contributed by atoms with Crippen LogP contribution >= 0.6 is 0 Å². The van der Waals surface area contributed by atoms with E-state index < -0.39 is 0 Å². The van der Waals surface area contributed by atoms with Crippen LogP contribution in [0.25, 0.3) is 0 Å². The Bertz CT molecular complexity index is 252. The average Bonchev–Trinajstić information content (AvgIpc) is 2.33. The van der Waals surface area contributed by atoms with Gasteiger partial charge in [0.1, 0.15) is 5.82 Å². The SMILES string of the molecule is CC(C)CC(C)Cn1ccc(N)n1. The number of rotatable bonds is 4. The summed E-state index contributed by atoms with van der Waals surface area (Å²) in [6.07, 6.45) is 3.17. The Hall–Kier alpha value is -0.990. The standard InChI is InChI=1S/C10H19N3/c1-8(2)6-9(3)7-13-5-4-10(11)12-13/h4-5,8-9H,6-7H2,1-3H3,(H2,11,12). The fraction of sp³-hybridized carbons (Fsp3) is 0.700. The zero-order chi connectivity index (χ0) is 9.84. The van der Waals surface area contributed by atoms with E-state index in [9.17, 15) is 0 Å². The summed E-state index contributed by atoms with van der Waals surface area (Å²) in [5, 5.41) is 4.15. The Balaban J connectivity index is 2.40. The first kappa shape index (κ1) is 10.1. The fourth-order valence-corrected chi connectivity index (χ4v) is 1.68. The first-order chi connectivity index (χ1) is 6.08. The van der Waals surface area contributed by atoms with E-state index in [1.807, 2.05) is 16.9 Å². The third kappa shape index (κ3) is 3.49. The van der Waals surface area contributed by atoms with E-state index in [0.29, 0.717) is 11.7 Å². The summed E-state index contributed by atoms with van der Waals surface area (Å²) < 4.78 is 1.92. The molecular weight excluding hydrogens is 162 g/mol. The largest absolute Gasteiger partial charge is 0.382 e. The molecule has 0 spiro atoms. The van der Waals surface area contributed by atoms with Crippen molar-refractivity contribution >= 4 is 5.82 Å². The van der Waals surface area contributed by atoms with Crippen LogP contribution in [-0.2, 0) is 6.54 Å². The van der Waals surface area contributed by atoms with E-state index in [1.54, 1.807) is 0 Å². The minimum Gasteiger partial charge on any atom is -0.382 e. The zero-order valence-corrected chi connectivity index (χ0v) is 8.70. The van der Waals surface area contributed by atoms with Crippen LogP contribution in [0.1, 0.15) is 27.2 Å². The molecule has 0 aliphatic heterocycles. The lowest BCUT2D eigenvalue weighted by molar-refractivity contribution is 0.374. The predicted molar refractivity (Wildman–Crippen MR) is 55.3 cm³/mol. The molecule has 2 N–H and O–H groups in total. The number of hydrogen-bond donors (Lipinski definition) is 1. The molecule has 0 saturated carbocycles. The van der Waals surface area contributed by atoms with Crippen LogP contribution in [0.2, 0.25) is 0 Å². The predicted octanol–water partition coefficient (Wildman–Crippen LogP) is 2.15. The van der Waals surface area contributed by atoms with Gasteiger partial charge in [-0.3, -0.25) is 4.68 Å². The van der Waals surface area contributed by atoms with E-state index in [4.69, 9.17) is 5.73 Å². The van der Waals surface area contributed by atoms with Gasteiger partial charge in [0.15, 0.2) is 0 Å². The van der Waals surface area contributed by atoms with E-state index in [1.165, 1.54) is 6.42 Å². The molecule has 3 heteroatoms. The average molecular weight is 181 g/mol. The van der Waals surface area contributed by atoms with E-state index >= 15 is 0 Å². The highest BCUT2D eigenvalue weighted by molar-refractivity contribution is 5.23. The molecule has 0 bridgehead atoms.